The molecule has 1 aromatic heterocycles. The van der Waals surface area contributed by atoms with Crippen LogP contribution < -0.4 is 15.6 Å². The summed E-state index contributed by atoms with van der Waals surface area (Å²) in [5, 5.41) is 3.24. The molecule has 1 atom stereocenters. The van der Waals surface area contributed by atoms with Crippen molar-refractivity contribution in [2.75, 3.05) is 12.4 Å². The van der Waals surface area contributed by atoms with E-state index in [4.69, 9.17) is 9.47 Å². The van der Waals surface area contributed by atoms with Crippen LogP contribution >= 0.6 is 0 Å². The largest absolute Gasteiger partial charge is 0.490 e. The fourth-order valence-electron chi connectivity index (χ4n) is 3.16. The molecule has 1 aliphatic carbocycles. The predicted molar refractivity (Wildman–Crippen MR) is 103 cm³/mol. The van der Waals surface area contributed by atoms with Gasteiger partial charge in [0.25, 0.3) is 0 Å². The molecule has 0 saturated heterocycles. The summed E-state index contributed by atoms with van der Waals surface area (Å²) in [6, 6.07) is 9.92. The lowest BCUT2D eigenvalue weighted by atomic mass is 10.1. The Labute approximate surface area is 156 Å². The van der Waals surface area contributed by atoms with E-state index in [0.29, 0.717) is 18.4 Å². The molecule has 0 fully saturated rings. The van der Waals surface area contributed by atoms with Gasteiger partial charge in [-0.3, -0.25) is 4.79 Å². The van der Waals surface area contributed by atoms with Gasteiger partial charge in [0, 0.05) is 6.92 Å². The molecule has 0 spiro atoms. The van der Waals surface area contributed by atoms with Crippen LogP contribution in [0.4, 0.5) is 5.95 Å². The fourth-order valence-corrected chi connectivity index (χ4v) is 3.16. The second-order valence-electron chi connectivity index (χ2n) is 6.36. The summed E-state index contributed by atoms with van der Waals surface area (Å²) in [4.78, 5) is 20.9. The molecule has 1 unspecified atom stereocenters. The lowest BCUT2D eigenvalue weighted by Gasteiger charge is -2.19. The average Bonchev–Trinajstić information content (AvgIpc) is 3.06. The number of aliphatic imine (C=N–C) groups is 1. The smallest absolute Gasteiger partial charge is 0.316 e. The van der Waals surface area contributed by atoms with Crippen molar-refractivity contribution in [3.05, 3.63) is 76.1 Å². The SMILES string of the molecule is COc1cn(Cc2ccccc2)c(NC2=C3OC(C)=NC3CC=C2)nc1=O. The van der Waals surface area contributed by atoms with Crippen LogP contribution in [0.1, 0.15) is 18.9 Å². The lowest BCUT2D eigenvalue weighted by molar-refractivity contribution is 0.401. The Morgan fingerprint density at radius 3 is 2.93 bits per heavy atom. The molecule has 7 heteroatoms. The van der Waals surface area contributed by atoms with Gasteiger partial charge in [-0.25, -0.2) is 4.99 Å². The van der Waals surface area contributed by atoms with Gasteiger partial charge in [-0.05, 0) is 18.1 Å². The molecule has 0 amide bonds. The molecule has 27 heavy (non-hydrogen) atoms. The van der Waals surface area contributed by atoms with E-state index in [1.165, 1.54) is 7.11 Å². The maximum Gasteiger partial charge on any atom is 0.316 e. The summed E-state index contributed by atoms with van der Waals surface area (Å²) in [5.74, 6) is 2.02. The molecule has 7 nitrogen and oxygen atoms in total. The Kier molecular flexibility index (Phi) is 4.50. The van der Waals surface area contributed by atoms with Gasteiger partial charge in [0.2, 0.25) is 11.7 Å². The van der Waals surface area contributed by atoms with Crippen LogP contribution in [0.3, 0.4) is 0 Å². The Hall–Kier alpha value is -3.35. The van der Waals surface area contributed by atoms with Crippen molar-refractivity contribution in [2.24, 2.45) is 4.99 Å². The van der Waals surface area contributed by atoms with Crippen LogP contribution in [-0.2, 0) is 11.3 Å². The molecule has 0 saturated carbocycles. The Bertz CT molecular complexity index is 1010. The number of hydrogen-bond donors (Lipinski definition) is 1. The van der Waals surface area contributed by atoms with Crippen molar-refractivity contribution in [3.8, 4) is 5.75 Å². The van der Waals surface area contributed by atoms with E-state index < -0.39 is 5.56 Å². The van der Waals surface area contributed by atoms with Gasteiger partial charge < -0.3 is 19.4 Å². The Morgan fingerprint density at radius 1 is 1.33 bits per heavy atom. The standard InChI is InChI=1S/C20H20N4O3/c1-13-21-15-9-6-10-16(18(15)27-13)22-20-23-19(25)17(26-2)12-24(20)11-14-7-4-3-5-8-14/h3-8,10,12,15H,9,11H2,1-2H3,(H,22,23,25). The molecule has 138 valence electrons. The number of benzene rings is 1. The highest BCUT2D eigenvalue weighted by Crippen LogP contribution is 2.29. The first-order chi connectivity index (χ1) is 13.1. The number of methoxy groups -OCH3 is 1. The molecule has 1 aliphatic heterocycles. The van der Waals surface area contributed by atoms with E-state index in [0.717, 1.165) is 23.4 Å². The summed E-state index contributed by atoms with van der Waals surface area (Å²) < 4.78 is 12.8. The average molecular weight is 364 g/mol. The minimum Gasteiger partial charge on any atom is -0.490 e. The molecule has 1 aromatic carbocycles. The van der Waals surface area contributed by atoms with Crippen molar-refractivity contribution >= 4 is 11.8 Å². The molecule has 2 heterocycles. The molecule has 0 radical (unpaired) electrons. The zero-order chi connectivity index (χ0) is 18.8. The fraction of sp³-hybridized carbons (Fsp3) is 0.250. The molecule has 4 rings (SSSR count). The summed E-state index contributed by atoms with van der Waals surface area (Å²) in [6.45, 7) is 2.37. The van der Waals surface area contributed by atoms with Crippen molar-refractivity contribution < 1.29 is 9.47 Å². The van der Waals surface area contributed by atoms with Crippen LogP contribution in [0.15, 0.2) is 69.9 Å². The quantitative estimate of drug-likeness (QED) is 0.883. The van der Waals surface area contributed by atoms with E-state index >= 15 is 0 Å². The van der Waals surface area contributed by atoms with Gasteiger partial charge in [0.15, 0.2) is 11.7 Å². The molecule has 0 bridgehead atoms. The maximum absolute atomic E-state index is 12.2. The highest BCUT2D eigenvalue weighted by molar-refractivity contribution is 5.78. The molecule has 2 aromatic rings. The summed E-state index contributed by atoms with van der Waals surface area (Å²) in [6.07, 6.45) is 6.43. The number of ether oxygens (including phenoxy) is 2. The number of fused-ring (bicyclic) bond motifs is 1. The maximum atomic E-state index is 12.2. The number of allylic oxidation sites excluding steroid dienone is 1. The highest BCUT2D eigenvalue weighted by atomic mass is 16.5. The Balaban J connectivity index is 1.71. The molecular formula is C20H20N4O3. The first kappa shape index (κ1) is 17.1. The van der Waals surface area contributed by atoms with Crippen LogP contribution in [0.2, 0.25) is 0 Å². The van der Waals surface area contributed by atoms with E-state index in [2.05, 4.69) is 15.3 Å². The van der Waals surface area contributed by atoms with E-state index in [1.54, 1.807) is 6.20 Å². The topological polar surface area (TPSA) is 77.7 Å². The van der Waals surface area contributed by atoms with Crippen molar-refractivity contribution in [1.82, 2.24) is 9.55 Å². The third-order valence-electron chi connectivity index (χ3n) is 4.43. The normalized spacial score (nSPS) is 18.0. The van der Waals surface area contributed by atoms with Gasteiger partial charge >= 0.3 is 5.56 Å². The number of anilines is 1. The molecule has 2 aliphatic rings. The number of rotatable bonds is 5. The summed E-state index contributed by atoms with van der Waals surface area (Å²) in [5.41, 5.74) is 1.41. The number of hydrogen-bond acceptors (Lipinski definition) is 6. The van der Waals surface area contributed by atoms with Crippen LogP contribution in [0, 0.1) is 0 Å². The zero-order valence-corrected chi connectivity index (χ0v) is 15.2. The van der Waals surface area contributed by atoms with Crippen molar-refractivity contribution in [3.63, 3.8) is 0 Å². The van der Waals surface area contributed by atoms with Crippen LogP contribution in [0.25, 0.3) is 0 Å². The summed E-state index contributed by atoms with van der Waals surface area (Å²) in [7, 11) is 1.46. The molecule has 1 N–H and O–H groups in total. The highest BCUT2D eigenvalue weighted by Gasteiger charge is 2.28. The summed E-state index contributed by atoms with van der Waals surface area (Å²) >= 11 is 0. The number of nitrogens with one attached hydrogen (secondary N) is 1. The van der Waals surface area contributed by atoms with Crippen LogP contribution in [-0.4, -0.2) is 28.6 Å². The molecular weight excluding hydrogens is 344 g/mol. The van der Waals surface area contributed by atoms with E-state index in [9.17, 15) is 4.79 Å². The monoisotopic (exact) mass is 364 g/mol. The third kappa shape index (κ3) is 3.48. The van der Waals surface area contributed by atoms with Crippen molar-refractivity contribution in [1.29, 1.82) is 0 Å². The third-order valence-corrected chi connectivity index (χ3v) is 4.43. The van der Waals surface area contributed by atoms with E-state index in [-0.39, 0.29) is 11.8 Å². The van der Waals surface area contributed by atoms with Gasteiger partial charge in [-0.15, -0.1) is 0 Å². The number of nitrogens with zero attached hydrogens (tertiary/aromatic N) is 3. The first-order valence-electron chi connectivity index (χ1n) is 8.73. The van der Waals surface area contributed by atoms with Crippen molar-refractivity contribution in [2.45, 2.75) is 25.9 Å². The van der Waals surface area contributed by atoms with Gasteiger partial charge in [0.05, 0.1) is 25.5 Å². The van der Waals surface area contributed by atoms with Gasteiger partial charge in [0.1, 0.15) is 6.04 Å². The second-order valence-corrected chi connectivity index (χ2v) is 6.36. The number of aromatic nitrogens is 2. The van der Waals surface area contributed by atoms with Crippen LogP contribution in [0.5, 0.6) is 5.75 Å². The van der Waals surface area contributed by atoms with Gasteiger partial charge in [-0.2, -0.15) is 4.98 Å². The first-order valence-corrected chi connectivity index (χ1v) is 8.73. The van der Waals surface area contributed by atoms with Gasteiger partial charge in [-0.1, -0.05) is 36.4 Å². The minimum atomic E-state index is -0.425. The zero-order valence-electron chi connectivity index (χ0n) is 15.2. The Morgan fingerprint density at radius 2 is 2.15 bits per heavy atom. The second kappa shape index (κ2) is 7.11. The van der Waals surface area contributed by atoms with E-state index in [1.807, 2.05) is 54.0 Å². The predicted octanol–water partition coefficient (Wildman–Crippen LogP) is 2.70. The minimum absolute atomic E-state index is 0.0231. The lowest BCUT2D eigenvalue weighted by Crippen LogP contribution is -2.22.